The topological polar surface area (TPSA) is 137 Å². The van der Waals surface area contributed by atoms with Gasteiger partial charge in [0.25, 0.3) is 5.91 Å². The van der Waals surface area contributed by atoms with E-state index in [1.807, 2.05) is 42.5 Å². The van der Waals surface area contributed by atoms with Crippen LogP contribution in [0.3, 0.4) is 0 Å². The molecule has 0 bridgehead atoms. The fourth-order valence-electron chi connectivity index (χ4n) is 10.8. The smallest absolute Gasteiger partial charge is 0.327 e. The molecule has 4 aromatic carbocycles. The van der Waals surface area contributed by atoms with Crippen molar-refractivity contribution in [1.29, 1.82) is 0 Å². The molecular formula is C39H31N5O6. The number of likely N-dealkylation sites (tertiary alicyclic amines) is 2. The SMILES string of the molecule is CN1C[C@@]2(C(=O)[C@@H]3CN(C)[C@]4(C(=O)Nc5ccccc54)[C@@]34C(=O)Nc3ccccc34)C(=O)Oc3ccccc3[C@H]2[C@@]12C(=O)Nc1ccccc12. The van der Waals surface area contributed by atoms with Crippen LogP contribution in [0.2, 0.25) is 0 Å². The number of Topliss-reactive ketones (excluding diaryl/α,β-unsaturated/α-hetero) is 1. The fourth-order valence-corrected chi connectivity index (χ4v) is 10.8. The summed E-state index contributed by atoms with van der Waals surface area (Å²) in [4.78, 5) is 78.6. The second kappa shape index (κ2) is 9.32. The number of amides is 3. The van der Waals surface area contributed by atoms with E-state index in [-0.39, 0.29) is 24.7 Å². The van der Waals surface area contributed by atoms with Gasteiger partial charge in [0, 0.05) is 52.8 Å². The quantitative estimate of drug-likeness (QED) is 0.169. The number of benzene rings is 4. The number of para-hydroxylation sites is 4. The number of nitrogens with zero attached hydrogens (tertiary/aromatic N) is 2. The van der Waals surface area contributed by atoms with Gasteiger partial charge in [0.2, 0.25) is 11.8 Å². The van der Waals surface area contributed by atoms with Crippen LogP contribution in [-0.2, 0) is 40.5 Å². The van der Waals surface area contributed by atoms with Gasteiger partial charge in [-0.3, -0.25) is 33.8 Å². The summed E-state index contributed by atoms with van der Waals surface area (Å²) in [5.41, 5.74) is -2.89. The van der Waals surface area contributed by atoms with Gasteiger partial charge in [-0.05, 0) is 43.9 Å². The molecule has 3 spiro atoms. The molecule has 2 fully saturated rings. The van der Waals surface area contributed by atoms with Crippen LogP contribution in [0.4, 0.5) is 17.1 Å². The van der Waals surface area contributed by atoms with Crippen molar-refractivity contribution in [2.24, 2.45) is 11.3 Å². The Balaban J connectivity index is 1.27. The van der Waals surface area contributed by atoms with E-state index in [9.17, 15) is 19.2 Å². The number of hydrogen-bond acceptors (Lipinski definition) is 8. The molecule has 6 aliphatic heterocycles. The largest absolute Gasteiger partial charge is 0.425 e. The van der Waals surface area contributed by atoms with Gasteiger partial charge in [0.15, 0.2) is 5.78 Å². The molecule has 0 aromatic heterocycles. The predicted molar refractivity (Wildman–Crippen MR) is 181 cm³/mol. The molecule has 4 aromatic rings. The first-order valence-electron chi connectivity index (χ1n) is 16.7. The number of nitrogens with one attached hydrogen (secondary N) is 3. The number of likely N-dealkylation sites (N-methyl/N-ethyl adjacent to an activating group) is 2. The highest BCUT2D eigenvalue weighted by molar-refractivity contribution is 6.22. The molecule has 2 saturated heterocycles. The van der Waals surface area contributed by atoms with Crippen LogP contribution in [-0.4, -0.2) is 66.5 Å². The van der Waals surface area contributed by atoms with Crippen molar-refractivity contribution >= 4 is 46.5 Å². The molecule has 0 aliphatic carbocycles. The number of fused-ring (bicyclic) bond motifs is 11. The summed E-state index contributed by atoms with van der Waals surface area (Å²) < 4.78 is 6.06. The van der Waals surface area contributed by atoms with Gasteiger partial charge < -0.3 is 20.7 Å². The fraction of sp³-hybridized carbons (Fsp3) is 0.256. The van der Waals surface area contributed by atoms with Crippen molar-refractivity contribution < 1.29 is 28.7 Å². The van der Waals surface area contributed by atoms with Gasteiger partial charge in [-0.2, -0.15) is 0 Å². The maximum absolute atomic E-state index is 16.2. The van der Waals surface area contributed by atoms with E-state index in [1.54, 1.807) is 78.5 Å². The highest BCUT2D eigenvalue weighted by atomic mass is 16.5. The number of ketones is 1. The maximum atomic E-state index is 16.2. The summed E-state index contributed by atoms with van der Waals surface area (Å²) in [7, 11) is 3.50. The molecule has 10 rings (SSSR count). The molecule has 11 heteroatoms. The number of anilines is 3. The molecule has 6 atom stereocenters. The van der Waals surface area contributed by atoms with Crippen molar-refractivity contribution in [3.8, 4) is 5.75 Å². The van der Waals surface area contributed by atoms with Crippen molar-refractivity contribution in [3.05, 3.63) is 119 Å². The number of hydrogen-bond donors (Lipinski definition) is 3. The third-order valence-electron chi connectivity index (χ3n) is 12.5. The van der Waals surface area contributed by atoms with Gasteiger partial charge in [-0.1, -0.05) is 72.8 Å². The van der Waals surface area contributed by atoms with Gasteiger partial charge in [-0.15, -0.1) is 0 Å². The van der Waals surface area contributed by atoms with E-state index in [0.717, 1.165) is 0 Å². The zero-order valence-corrected chi connectivity index (χ0v) is 27.2. The zero-order valence-electron chi connectivity index (χ0n) is 27.2. The van der Waals surface area contributed by atoms with Gasteiger partial charge in [0.1, 0.15) is 27.7 Å². The lowest BCUT2D eigenvalue weighted by molar-refractivity contribution is -0.158. The van der Waals surface area contributed by atoms with Crippen LogP contribution >= 0.6 is 0 Å². The maximum Gasteiger partial charge on any atom is 0.327 e. The first-order chi connectivity index (χ1) is 24.2. The van der Waals surface area contributed by atoms with E-state index in [4.69, 9.17) is 4.74 Å². The van der Waals surface area contributed by atoms with Crippen molar-refractivity contribution in [2.45, 2.75) is 22.4 Å². The monoisotopic (exact) mass is 665 g/mol. The first kappa shape index (κ1) is 29.3. The standard InChI is InChI=1S/C39H31N5O6/c1-43-19-25(37(22-12-4-7-15-26(22)40-32(37)46)39(43)24-14-6-9-17-28(24)42-34(39)48)31(45)36-20-44(2)38(23-13-5-8-16-27(23)41-33(38)47)30(36)21-11-3-10-18-29(21)50-35(36)49/h3-18,25,30H,19-20H2,1-2H3,(H,40,46)(H,41,47)(H,42,48)/t25-,30+,36+,37+,38-,39+/m0/s1. The lowest BCUT2D eigenvalue weighted by Gasteiger charge is -2.46. The van der Waals surface area contributed by atoms with Crippen molar-refractivity contribution in [3.63, 3.8) is 0 Å². The number of ether oxygens (including phenoxy) is 1. The normalized spacial score (nSPS) is 33.1. The first-order valence-corrected chi connectivity index (χ1v) is 16.7. The Hall–Kier alpha value is -5.65. The molecule has 3 N–H and O–H groups in total. The molecule has 0 radical (unpaired) electrons. The van der Waals surface area contributed by atoms with Gasteiger partial charge in [-0.25, -0.2) is 0 Å². The Bertz CT molecular complexity index is 2290. The minimum atomic E-state index is -1.94. The van der Waals surface area contributed by atoms with Gasteiger partial charge >= 0.3 is 5.97 Å². The number of carbonyl (C=O) groups is 5. The van der Waals surface area contributed by atoms with Crippen LogP contribution in [0.5, 0.6) is 5.75 Å². The number of carbonyl (C=O) groups excluding carboxylic acids is 5. The molecular weight excluding hydrogens is 634 g/mol. The Morgan fingerprint density at radius 2 is 1.24 bits per heavy atom. The van der Waals surface area contributed by atoms with E-state index < -0.39 is 57.3 Å². The predicted octanol–water partition coefficient (Wildman–Crippen LogP) is 3.34. The minimum absolute atomic E-state index is 0.0226. The summed E-state index contributed by atoms with van der Waals surface area (Å²) in [6, 6.07) is 28.7. The van der Waals surface area contributed by atoms with Crippen LogP contribution in [0.1, 0.15) is 28.2 Å². The van der Waals surface area contributed by atoms with Crippen LogP contribution in [0.15, 0.2) is 97.1 Å². The average Bonchev–Trinajstić information content (AvgIpc) is 3.85. The Labute approximate surface area is 286 Å². The second-order valence-corrected chi connectivity index (χ2v) is 14.3. The van der Waals surface area contributed by atoms with Crippen LogP contribution in [0.25, 0.3) is 0 Å². The van der Waals surface area contributed by atoms with E-state index in [2.05, 4.69) is 16.0 Å². The minimum Gasteiger partial charge on any atom is -0.425 e. The lowest BCUT2D eigenvalue weighted by Crippen LogP contribution is -2.64. The van der Waals surface area contributed by atoms with E-state index in [0.29, 0.717) is 39.3 Å². The summed E-state index contributed by atoms with van der Waals surface area (Å²) in [6.07, 6.45) is 0. The highest BCUT2D eigenvalue weighted by Crippen LogP contribution is 2.69. The zero-order chi connectivity index (χ0) is 34.4. The molecule has 0 unspecified atom stereocenters. The van der Waals surface area contributed by atoms with Crippen LogP contribution < -0.4 is 20.7 Å². The molecule has 50 heavy (non-hydrogen) atoms. The Kier molecular flexibility index (Phi) is 5.46. The third kappa shape index (κ3) is 2.89. The summed E-state index contributed by atoms with van der Waals surface area (Å²) >= 11 is 0. The summed E-state index contributed by atoms with van der Waals surface area (Å²) in [5, 5.41) is 9.05. The molecule has 0 saturated carbocycles. The highest BCUT2D eigenvalue weighted by Gasteiger charge is 2.82. The molecule has 11 nitrogen and oxygen atoms in total. The van der Waals surface area contributed by atoms with Crippen LogP contribution in [0, 0.1) is 11.3 Å². The summed E-state index contributed by atoms with van der Waals surface area (Å²) in [6.45, 7) is -0.175. The van der Waals surface area contributed by atoms with Crippen molar-refractivity contribution in [2.75, 3.05) is 43.1 Å². The molecule has 3 amide bonds. The number of esters is 1. The van der Waals surface area contributed by atoms with Crippen molar-refractivity contribution in [1.82, 2.24) is 9.80 Å². The Morgan fingerprint density at radius 1 is 0.680 bits per heavy atom. The van der Waals surface area contributed by atoms with E-state index >= 15 is 4.79 Å². The lowest BCUT2D eigenvalue weighted by atomic mass is 9.53. The van der Waals surface area contributed by atoms with Gasteiger partial charge in [0.05, 0.1) is 5.92 Å². The molecule has 6 aliphatic rings. The molecule has 248 valence electrons. The molecule has 6 heterocycles. The summed E-state index contributed by atoms with van der Waals surface area (Å²) in [5.74, 6) is -4.57. The Morgan fingerprint density at radius 3 is 1.98 bits per heavy atom. The second-order valence-electron chi connectivity index (χ2n) is 14.3. The number of rotatable bonds is 2. The van der Waals surface area contributed by atoms with E-state index in [1.165, 1.54) is 0 Å². The third-order valence-corrected chi connectivity index (χ3v) is 12.5. The average molecular weight is 666 g/mol.